The summed E-state index contributed by atoms with van der Waals surface area (Å²) in [7, 11) is 1.97. The fourth-order valence-corrected chi connectivity index (χ4v) is 4.59. The van der Waals surface area contributed by atoms with Crippen molar-refractivity contribution in [1.82, 2.24) is 14.8 Å². The molecule has 1 heterocycles. The van der Waals surface area contributed by atoms with Crippen molar-refractivity contribution in [2.45, 2.75) is 24.7 Å². The first-order valence-electron chi connectivity index (χ1n) is 6.73. The highest BCUT2D eigenvalue weighted by molar-refractivity contribution is 9.11. The van der Waals surface area contributed by atoms with E-state index in [0.29, 0.717) is 12.3 Å². The van der Waals surface area contributed by atoms with Crippen molar-refractivity contribution >= 4 is 31.9 Å². The third-order valence-electron chi connectivity index (χ3n) is 4.21. The Morgan fingerprint density at radius 1 is 1.33 bits per heavy atom. The molecule has 21 heavy (non-hydrogen) atoms. The molecule has 0 amide bonds. The number of halogens is 2. The van der Waals surface area contributed by atoms with Gasteiger partial charge in [-0.3, -0.25) is 0 Å². The van der Waals surface area contributed by atoms with Crippen LogP contribution in [0, 0.1) is 17.2 Å². The molecule has 0 N–H and O–H groups in total. The maximum atomic E-state index is 8.92. The molecular weight excluding hydrogens is 396 g/mol. The van der Waals surface area contributed by atoms with Crippen LogP contribution < -0.4 is 0 Å². The van der Waals surface area contributed by atoms with Crippen molar-refractivity contribution in [3.05, 3.63) is 44.9 Å². The molecular formula is C15H14Br2N4. The topological polar surface area (TPSA) is 54.5 Å². The minimum absolute atomic E-state index is 0.140. The van der Waals surface area contributed by atoms with Gasteiger partial charge in [-0.1, -0.05) is 31.9 Å². The van der Waals surface area contributed by atoms with Crippen LogP contribution in [0.2, 0.25) is 0 Å². The van der Waals surface area contributed by atoms with E-state index in [-0.39, 0.29) is 5.41 Å². The van der Waals surface area contributed by atoms with Crippen molar-refractivity contribution in [2.75, 3.05) is 0 Å². The number of aryl methyl sites for hydroxylation is 1. The quantitative estimate of drug-likeness (QED) is 0.771. The number of aromatic nitrogens is 3. The summed E-state index contributed by atoms with van der Waals surface area (Å²) in [5, 5.41) is 17.3. The molecule has 1 saturated carbocycles. The summed E-state index contributed by atoms with van der Waals surface area (Å²) in [6.45, 7) is 0. The van der Waals surface area contributed by atoms with Gasteiger partial charge in [-0.15, -0.1) is 10.2 Å². The predicted molar refractivity (Wildman–Crippen MR) is 86.6 cm³/mol. The lowest BCUT2D eigenvalue weighted by atomic mass is 9.57. The van der Waals surface area contributed by atoms with Crippen LogP contribution in [0.4, 0.5) is 0 Å². The zero-order valence-electron chi connectivity index (χ0n) is 11.6. The molecule has 0 bridgehead atoms. The molecule has 0 spiro atoms. The van der Waals surface area contributed by atoms with Crippen LogP contribution in [-0.2, 0) is 12.5 Å². The molecule has 1 aliphatic rings. The summed E-state index contributed by atoms with van der Waals surface area (Å²) in [5.41, 5.74) is 1.08. The van der Waals surface area contributed by atoms with Gasteiger partial charge in [0, 0.05) is 22.4 Å². The lowest BCUT2D eigenvalue weighted by Crippen LogP contribution is -2.44. The summed E-state index contributed by atoms with van der Waals surface area (Å²) < 4.78 is 4.06. The Morgan fingerprint density at radius 2 is 2.00 bits per heavy atom. The molecule has 0 radical (unpaired) electrons. The molecule has 0 saturated heterocycles. The highest BCUT2D eigenvalue weighted by atomic mass is 79.9. The van der Waals surface area contributed by atoms with Crippen LogP contribution in [0.15, 0.2) is 33.5 Å². The van der Waals surface area contributed by atoms with Gasteiger partial charge in [0.15, 0.2) is 0 Å². The minimum atomic E-state index is -0.140. The SMILES string of the molecule is Cn1cnnc1C1(c2cc(Br)cc(Br)c2)CC(CC#N)C1. The van der Waals surface area contributed by atoms with E-state index in [2.05, 4.69) is 60.3 Å². The average molecular weight is 410 g/mol. The lowest BCUT2D eigenvalue weighted by molar-refractivity contribution is 0.172. The summed E-state index contributed by atoms with van der Waals surface area (Å²) in [4.78, 5) is 0. The van der Waals surface area contributed by atoms with Gasteiger partial charge in [0.05, 0.1) is 11.5 Å². The summed E-state index contributed by atoms with van der Waals surface area (Å²) in [6, 6.07) is 8.59. The van der Waals surface area contributed by atoms with Gasteiger partial charge in [0.1, 0.15) is 12.2 Å². The van der Waals surface area contributed by atoms with Gasteiger partial charge in [-0.25, -0.2) is 0 Å². The first-order valence-corrected chi connectivity index (χ1v) is 8.32. The normalized spacial score (nSPS) is 24.4. The van der Waals surface area contributed by atoms with E-state index in [1.165, 1.54) is 5.56 Å². The highest BCUT2D eigenvalue weighted by Gasteiger charge is 2.49. The van der Waals surface area contributed by atoms with Crippen LogP contribution >= 0.6 is 31.9 Å². The number of hydrogen-bond donors (Lipinski definition) is 0. The van der Waals surface area contributed by atoms with Crippen LogP contribution in [0.25, 0.3) is 0 Å². The lowest BCUT2D eigenvalue weighted by Gasteiger charge is -2.46. The van der Waals surface area contributed by atoms with Crippen molar-refractivity contribution in [2.24, 2.45) is 13.0 Å². The third-order valence-corrected chi connectivity index (χ3v) is 5.12. The van der Waals surface area contributed by atoms with E-state index < -0.39 is 0 Å². The number of nitriles is 1. The molecule has 6 heteroatoms. The molecule has 4 nitrogen and oxygen atoms in total. The van der Waals surface area contributed by atoms with Gasteiger partial charge in [0.2, 0.25) is 0 Å². The van der Waals surface area contributed by atoms with Crippen molar-refractivity contribution < 1.29 is 0 Å². The van der Waals surface area contributed by atoms with E-state index >= 15 is 0 Å². The van der Waals surface area contributed by atoms with Gasteiger partial charge >= 0.3 is 0 Å². The monoisotopic (exact) mass is 408 g/mol. The van der Waals surface area contributed by atoms with Crippen LogP contribution in [-0.4, -0.2) is 14.8 Å². The van der Waals surface area contributed by atoms with Crippen molar-refractivity contribution in [3.8, 4) is 6.07 Å². The maximum absolute atomic E-state index is 8.92. The number of rotatable bonds is 3. The van der Waals surface area contributed by atoms with Crippen LogP contribution in [0.5, 0.6) is 0 Å². The third kappa shape index (κ3) is 2.53. The molecule has 0 atom stereocenters. The molecule has 3 rings (SSSR count). The highest BCUT2D eigenvalue weighted by Crippen LogP contribution is 2.53. The minimum Gasteiger partial charge on any atom is -0.320 e. The summed E-state index contributed by atoms with van der Waals surface area (Å²) >= 11 is 7.12. The average Bonchev–Trinajstić information content (AvgIpc) is 2.78. The van der Waals surface area contributed by atoms with Gasteiger partial charge < -0.3 is 4.57 Å². The van der Waals surface area contributed by atoms with E-state index in [9.17, 15) is 0 Å². The molecule has 1 aromatic carbocycles. The molecule has 1 aliphatic carbocycles. The van der Waals surface area contributed by atoms with Crippen LogP contribution in [0.3, 0.4) is 0 Å². The number of benzene rings is 1. The fraction of sp³-hybridized carbons (Fsp3) is 0.400. The van der Waals surface area contributed by atoms with E-state index in [1.54, 1.807) is 6.33 Å². The second kappa shape index (κ2) is 5.54. The largest absolute Gasteiger partial charge is 0.320 e. The van der Waals surface area contributed by atoms with Gasteiger partial charge in [-0.2, -0.15) is 5.26 Å². The number of nitrogens with zero attached hydrogens (tertiary/aromatic N) is 4. The predicted octanol–water partition coefficient (Wildman–Crippen LogP) is 3.95. The molecule has 1 fully saturated rings. The van der Waals surface area contributed by atoms with E-state index in [0.717, 1.165) is 27.6 Å². The number of hydrogen-bond acceptors (Lipinski definition) is 3. The zero-order valence-corrected chi connectivity index (χ0v) is 14.7. The van der Waals surface area contributed by atoms with Gasteiger partial charge in [-0.05, 0) is 42.5 Å². The first kappa shape index (κ1) is 14.7. The molecule has 0 unspecified atom stereocenters. The van der Waals surface area contributed by atoms with Gasteiger partial charge in [0.25, 0.3) is 0 Å². The Morgan fingerprint density at radius 3 is 2.52 bits per heavy atom. The smallest absolute Gasteiger partial charge is 0.143 e. The molecule has 108 valence electrons. The standard InChI is InChI=1S/C15H14Br2N4/c1-21-9-19-20-14(21)15(7-10(8-15)2-3-18)11-4-12(16)6-13(17)5-11/h4-6,9-10H,2,7-8H2,1H3. The van der Waals surface area contributed by atoms with E-state index in [1.807, 2.05) is 17.7 Å². The second-order valence-electron chi connectivity index (χ2n) is 5.64. The Labute approximate surface area is 140 Å². The van der Waals surface area contributed by atoms with Crippen molar-refractivity contribution in [1.29, 1.82) is 5.26 Å². The summed E-state index contributed by atoms with van der Waals surface area (Å²) in [5.74, 6) is 1.41. The molecule has 2 aromatic rings. The Bertz CT molecular complexity index is 690. The zero-order chi connectivity index (χ0) is 15.0. The molecule has 1 aromatic heterocycles. The Balaban J connectivity index is 2.06. The fourth-order valence-electron chi connectivity index (χ4n) is 3.29. The Hall–Kier alpha value is -1.19. The Kier molecular flexibility index (Phi) is 3.89. The maximum Gasteiger partial charge on any atom is 0.143 e. The summed E-state index contributed by atoms with van der Waals surface area (Å²) in [6.07, 6.45) is 4.22. The second-order valence-corrected chi connectivity index (χ2v) is 7.47. The first-order chi connectivity index (χ1) is 10.0. The van der Waals surface area contributed by atoms with Crippen molar-refractivity contribution in [3.63, 3.8) is 0 Å². The molecule has 0 aliphatic heterocycles. The van der Waals surface area contributed by atoms with Crippen LogP contribution in [0.1, 0.15) is 30.7 Å². The van der Waals surface area contributed by atoms with E-state index in [4.69, 9.17) is 5.26 Å².